The van der Waals surface area contributed by atoms with Crippen LogP contribution in [0.2, 0.25) is 0 Å². The second kappa shape index (κ2) is 6.96. The fourth-order valence-electron chi connectivity index (χ4n) is 3.34. The number of hydrogen-bond acceptors (Lipinski definition) is 4. The smallest absolute Gasteiger partial charge is 0.256 e. The zero-order valence-electron chi connectivity index (χ0n) is 14.4. The fourth-order valence-corrected chi connectivity index (χ4v) is 3.34. The lowest BCUT2D eigenvalue weighted by molar-refractivity contribution is -0.141. The van der Waals surface area contributed by atoms with Gasteiger partial charge in [0, 0.05) is 48.9 Å². The van der Waals surface area contributed by atoms with Gasteiger partial charge in [-0.15, -0.1) is 0 Å². The van der Waals surface area contributed by atoms with E-state index in [9.17, 15) is 18.7 Å². The summed E-state index contributed by atoms with van der Waals surface area (Å²) in [5.41, 5.74) is 1.77. The number of amides is 1. The summed E-state index contributed by atoms with van der Waals surface area (Å²) in [7, 11) is 0. The highest BCUT2D eigenvalue weighted by atomic mass is 19.1. The molecule has 1 aliphatic rings. The monoisotopic (exact) mass is 372 g/mol. The molecule has 0 bridgehead atoms. The third-order valence-electron chi connectivity index (χ3n) is 4.87. The van der Waals surface area contributed by atoms with Crippen molar-refractivity contribution < 1.29 is 18.7 Å². The zero-order valence-corrected chi connectivity index (χ0v) is 14.4. The van der Waals surface area contributed by atoms with Crippen LogP contribution in [0.4, 0.5) is 14.5 Å². The number of rotatable bonds is 3. The Morgan fingerprint density at radius 3 is 2.63 bits per heavy atom. The maximum atomic E-state index is 13.8. The van der Waals surface area contributed by atoms with Crippen molar-refractivity contribution >= 4 is 22.5 Å². The minimum atomic E-state index is -1.64. The second-order valence-electron chi connectivity index (χ2n) is 6.52. The van der Waals surface area contributed by atoms with Gasteiger partial charge in [0.05, 0.1) is 11.7 Å². The number of carbonyl (C=O) groups is 1. The van der Waals surface area contributed by atoms with Crippen LogP contribution in [0.1, 0.15) is 11.7 Å². The first-order chi connectivity index (χ1) is 13.0. The molecule has 1 atom stereocenters. The Morgan fingerprint density at radius 2 is 1.89 bits per heavy atom. The van der Waals surface area contributed by atoms with Crippen LogP contribution < -0.4 is 4.90 Å². The maximum absolute atomic E-state index is 13.8. The fraction of sp³-hybridized carbons (Fsp3) is 0.263. The molecule has 8 heteroatoms. The number of aromatic amines is 1. The summed E-state index contributed by atoms with van der Waals surface area (Å²) in [6, 6.07) is 8.76. The van der Waals surface area contributed by atoms with Crippen molar-refractivity contribution in [1.29, 1.82) is 0 Å². The summed E-state index contributed by atoms with van der Waals surface area (Å²) in [5, 5.41) is 18.1. The molecule has 140 valence electrons. The minimum Gasteiger partial charge on any atom is -0.378 e. The Hall–Kier alpha value is -3.00. The van der Waals surface area contributed by atoms with Gasteiger partial charge >= 0.3 is 0 Å². The number of fused-ring (bicyclic) bond motifs is 1. The summed E-state index contributed by atoms with van der Waals surface area (Å²) >= 11 is 0. The molecule has 1 amide bonds. The molecule has 2 N–H and O–H groups in total. The standard InChI is InChI=1S/C19H18F2N4O2/c20-13-1-3-15(16(21)10-13)18(26)19(27)25-7-5-24(6-8-25)14-2-4-17-12(9-14)11-22-23-17/h1-4,9-11,18,26H,5-8H2,(H,22,23). The van der Waals surface area contributed by atoms with Crippen LogP contribution in [-0.2, 0) is 4.79 Å². The van der Waals surface area contributed by atoms with Gasteiger partial charge in [-0.1, -0.05) is 6.07 Å². The van der Waals surface area contributed by atoms with Gasteiger partial charge in [-0.05, 0) is 24.3 Å². The SMILES string of the molecule is O=C(C(O)c1ccc(F)cc1F)N1CCN(c2ccc3[nH]ncc3c2)CC1. The third kappa shape index (κ3) is 3.35. The first-order valence-corrected chi connectivity index (χ1v) is 8.63. The Kier molecular flexibility index (Phi) is 4.49. The first-order valence-electron chi connectivity index (χ1n) is 8.63. The summed E-state index contributed by atoms with van der Waals surface area (Å²) in [5.74, 6) is -2.26. The van der Waals surface area contributed by atoms with Crippen LogP contribution in [0.25, 0.3) is 10.9 Å². The Bertz CT molecular complexity index is 983. The second-order valence-corrected chi connectivity index (χ2v) is 6.52. The van der Waals surface area contributed by atoms with Gasteiger partial charge in [0.1, 0.15) is 11.6 Å². The van der Waals surface area contributed by atoms with E-state index < -0.39 is 23.6 Å². The highest BCUT2D eigenvalue weighted by Gasteiger charge is 2.29. The normalized spacial score (nSPS) is 16.0. The van der Waals surface area contributed by atoms with Gasteiger partial charge in [-0.2, -0.15) is 5.10 Å². The molecule has 0 saturated carbocycles. The molecule has 1 fully saturated rings. The van der Waals surface area contributed by atoms with E-state index in [1.54, 1.807) is 6.20 Å². The topological polar surface area (TPSA) is 72.5 Å². The number of nitrogens with one attached hydrogen (secondary N) is 1. The molecule has 2 aromatic carbocycles. The van der Waals surface area contributed by atoms with E-state index in [2.05, 4.69) is 15.1 Å². The number of halogens is 2. The van der Waals surface area contributed by atoms with E-state index in [-0.39, 0.29) is 5.56 Å². The molecule has 6 nitrogen and oxygen atoms in total. The van der Waals surface area contributed by atoms with E-state index >= 15 is 0 Å². The van der Waals surface area contributed by atoms with Gasteiger partial charge in [0.25, 0.3) is 5.91 Å². The van der Waals surface area contributed by atoms with Gasteiger partial charge in [0.15, 0.2) is 6.10 Å². The minimum absolute atomic E-state index is 0.214. The molecule has 1 saturated heterocycles. The van der Waals surface area contributed by atoms with Gasteiger partial charge in [-0.25, -0.2) is 8.78 Å². The molecule has 1 unspecified atom stereocenters. The first kappa shape index (κ1) is 17.4. The molecule has 0 aliphatic carbocycles. The average molecular weight is 372 g/mol. The van der Waals surface area contributed by atoms with Crippen molar-refractivity contribution in [2.45, 2.75) is 6.10 Å². The molecule has 1 aromatic heterocycles. The number of carbonyl (C=O) groups excluding carboxylic acids is 1. The van der Waals surface area contributed by atoms with Crippen molar-refractivity contribution in [3.8, 4) is 0 Å². The van der Waals surface area contributed by atoms with Gasteiger partial charge in [-0.3, -0.25) is 9.89 Å². The Morgan fingerprint density at radius 1 is 1.11 bits per heavy atom. The van der Waals surface area contributed by atoms with Crippen LogP contribution in [0.15, 0.2) is 42.6 Å². The molecule has 0 spiro atoms. The van der Waals surface area contributed by atoms with Crippen molar-refractivity contribution in [1.82, 2.24) is 15.1 Å². The predicted octanol–water partition coefficient (Wildman–Crippen LogP) is 2.22. The lowest BCUT2D eigenvalue weighted by Gasteiger charge is -2.37. The van der Waals surface area contributed by atoms with Crippen molar-refractivity contribution in [2.24, 2.45) is 0 Å². The number of H-pyrrole nitrogens is 1. The van der Waals surface area contributed by atoms with E-state index in [0.717, 1.165) is 28.7 Å². The number of hydrogen-bond donors (Lipinski definition) is 2. The van der Waals surface area contributed by atoms with Crippen molar-refractivity contribution in [3.05, 3.63) is 59.8 Å². The summed E-state index contributed by atoms with van der Waals surface area (Å²) in [6.45, 7) is 1.99. The number of anilines is 1. The number of nitrogens with zero attached hydrogens (tertiary/aromatic N) is 3. The van der Waals surface area contributed by atoms with Crippen LogP contribution >= 0.6 is 0 Å². The van der Waals surface area contributed by atoms with Crippen LogP contribution in [0.5, 0.6) is 0 Å². The molecule has 1 aliphatic heterocycles. The quantitative estimate of drug-likeness (QED) is 0.740. The summed E-state index contributed by atoms with van der Waals surface area (Å²) in [4.78, 5) is 16.1. The van der Waals surface area contributed by atoms with Crippen molar-refractivity contribution in [2.75, 3.05) is 31.1 Å². The van der Waals surface area contributed by atoms with E-state index in [1.807, 2.05) is 18.2 Å². The highest BCUT2D eigenvalue weighted by Crippen LogP contribution is 2.24. The highest BCUT2D eigenvalue weighted by molar-refractivity contribution is 5.83. The number of aliphatic hydroxyl groups excluding tert-OH is 1. The molecule has 4 rings (SSSR count). The average Bonchev–Trinajstić information content (AvgIpc) is 3.15. The molecule has 3 aromatic rings. The van der Waals surface area contributed by atoms with E-state index in [4.69, 9.17) is 0 Å². The molecular weight excluding hydrogens is 354 g/mol. The Labute approximate surface area is 154 Å². The summed E-state index contributed by atoms with van der Waals surface area (Å²) in [6.07, 6.45) is 0.117. The van der Waals surface area contributed by atoms with Crippen LogP contribution in [0, 0.1) is 11.6 Å². The number of benzene rings is 2. The lowest BCUT2D eigenvalue weighted by atomic mass is 10.1. The predicted molar refractivity (Wildman–Crippen MR) is 96.2 cm³/mol. The number of aliphatic hydroxyl groups is 1. The Balaban J connectivity index is 1.42. The maximum Gasteiger partial charge on any atom is 0.256 e. The number of piperazine rings is 1. The zero-order chi connectivity index (χ0) is 19.0. The van der Waals surface area contributed by atoms with Crippen molar-refractivity contribution in [3.63, 3.8) is 0 Å². The third-order valence-corrected chi connectivity index (χ3v) is 4.87. The lowest BCUT2D eigenvalue weighted by Crippen LogP contribution is -2.50. The van der Waals surface area contributed by atoms with Gasteiger partial charge < -0.3 is 14.9 Å². The van der Waals surface area contributed by atoms with Crippen LogP contribution in [-0.4, -0.2) is 52.3 Å². The summed E-state index contributed by atoms with van der Waals surface area (Å²) < 4.78 is 26.8. The van der Waals surface area contributed by atoms with Crippen LogP contribution in [0.3, 0.4) is 0 Å². The molecule has 27 heavy (non-hydrogen) atoms. The molecular formula is C19H18F2N4O2. The molecule has 0 radical (unpaired) electrons. The molecule has 2 heterocycles. The van der Waals surface area contributed by atoms with E-state index in [0.29, 0.717) is 32.2 Å². The number of aromatic nitrogens is 2. The van der Waals surface area contributed by atoms with Gasteiger partial charge in [0.2, 0.25) is 0 Å². The van der Waals surface area contributed by atoms with E-state index in [1.165, 1.54) is 4.90 Å². The largest absolute Gasteiger partial charge is 0.378 e.